The zero-order valence-corrected chi connectivity index (χ0v) is 14.5. The quantitative estimate of drug-likeness (QED) is 0.757. The summed E-state index contributed by atoms with van der Waals surface area (Å²) in [6.07, 6.45) is 2.01. The number of aromatic nitrogens is 3. The molecule has 1 N–H and O–H groups in total. The van der Waals surface area contributed by atoms with Gasteiger partial charge >= 0.3 is 0 Å². The molecule has 9 heteroatoms. The van der Waals surface area contributed by atoms with E-state index in [1.165, 1.54) is 9.80 Å². The number of ether oxygens (including phenoxy) is 1. The maximum atomic E-state index is 12.9. The van der Waals surface area contributed by atoms with Gasteiger partial charge in [0.05, 0.1) is 19.5 Å². The monoisotopic (exact) mass is 369 g/mol. The number of H-pyrrole nitrogens is 1. The smallest absolute Gasteiger partial charge is 0.270 e. The van der Waals surface area contributed by atoms with Gasteiger partial charge in [0.2, 0.25) is 11.9 Å². The number of halogens is 1. The molecule has 0 atom stereocenters. The average Bonchev–Trinajstić information content (AvgIpc) is 3.11. The number of anilines is 1. The fourth-order valence-electron chi connectivity index (χ4n) is 3.02. The second-order valence-corrected chi connectivity index (χ2v) is 6.11. The maximum absolute atomic E-state index is 12.9. The number of hydrogen-bond donors (Lipinski definition) is 1. The van der Waals surface area contributed by atoms with Crippen molar-refractivity contribution in [1.82, 2.24) is 19.9 Å². The van der Waals surface area contributed by atoms with Crippen LogP contribution in [0.25, 0.3) is 10.9 Å². The molecule has 0 saturated carbocycles. The minimum absolute atomic E-state index is 0.0990. The zero-order chi connectivity index (χ0) is 19.0. The SMILES string of the molecule is COc1ccc2cc(C(=O)N3CCN(c4ncc(F)cn4)C(=O)C3)[nH]c2c1. The summed E-state index contributed by atoms with van der Waals surface area (Å²) in [4.78, 5) is 38.7. The van der Waals surface area contributed by atoms with E-state index in [0.29, 0.717) is 18.0 Å². The van der Waals surface area contributed by atoms with Crippen LogP contribution in [0.4, 0.5) is 10.3 Å². The summed E-state index contributed by atoms with van der Waals surface area (Å²) in [5, 5.41) is 0.879. The van der Waals surface area contributed by atoms with Gasteiger partial charge in [-0.15, -0.1) is 0 Å². The first kappa shape index (κ1) is 17.0. The van der Waals surface area contributed by atoms with E-state index in [4.69, 9.17) is 4.74 Å². The molecule has 1 saturated heterocycles. The van der Waals surface area contributed by atoms with Gasteiger partial charge in [0, 0.05) is 30.1 Å². The fourth-order valence-corrected chi connectivity index (χ4v) is 3.02. The first-order valence-electron chi connectivity index (χ1n) is 8.29. The van der Waals surface area contributed by atoms with Crippen LogP contribution in [0, 0.1) is 5.82 Å². The Hall–Kier alpha value is -3.49. The Labute approximate surface area is 153 Å². The summed E-state index contributed by atoms with van der Waals surface area (Å²) in [5.41, 5.74) is 1.18. The van der Waals surface area contributed by atoms with E-state index >= 15 is 0 Å². The third kappa shape index (κ3) is 3.19. The van der Waals surface area contributed by atoms with Crippen LogP contribution in [0.15, 0.2) is 36.7 Å². The molecule has 0 spiro atoms. The fraction of sp³-hybridized carbons (Fsp3) is 0.222. The van der Waals surface area contributed by atoms with Crippen molar-refractivity contribution in [3.8, 4) is 5.75 Å². The third-order valence-corrected chi connectivity index (χ3v) is 4.42. The van der Waals surface area contributed by atoms with Gasteiger partial charge in [-0.2, -0.15) is 0 Å². The van der Waals surface area contributed by atoms with Crippen LogP contribution in [-0.2, 0) is 4.79 Å². The predicted octanol–water partition coefficient (Wildman–Crippen LogP) is 1.59. The summed E-state index contributed by atoms with van der Waals surface area (Å²) in [6, 6.07) is 7.23. The van der Waals surface area contributed by atoms with Crippen LogP contribution in [-0.4, -0.2) is 58.4 Å². The molecule has 2 amide bonds. The lowest BCUT2D eigenvalue weighted by Crippen LogP contribution is -2.53. The highest BCUT2D eigenvalue weighted by atomic mass is 19.1. The van der Waals surface area contributed by atoms with Crippen LogP contribution in [0.5, 0.6) is 5.75 Å². The van der Waals surface area contributed by atoms with Gasteiger partial charge in [-0.05, 0) is 18.2 Å². The van der Waals surface area contributed by atoms with E-state index in [0.717, 1.165) is 23.3 Å². The topological polar surface area (TPSA) is 91.4 Å². The number of methoxy groups -OCH3 is 1. The van der Waals surface area contributed by atoms with Crippen molar-refractivity contribution in [2.45, 2.75) is 0 Å². The van der Waals surface area contributed by atoms with E-state index in [-0.39, 0.29) is 30.9 Å². The number of hydrogen-bond acceptors (Lipinski definition) is 5. The number of aromatic amines is 1. The lowest BCUT2D eigenvalue weighted by Gasteiger charge is -2.32. The summed E-state index contributed by atoms with van der Waals surface area (Å²) in [7, 11) is 1.58. The predicted molar refractivity (Wildman–Crippen MR) is 95.1 cm³/mol. The molecule has 8 nitrogen and oxygen atoms in total. The van der Waals surface area contributed by atoms with Gasteiger partial charge in [-0.1, -0.05) is 0 Å². The van der Waals surface area contributed by atoms with Gasteiger partial charge in [-0.3, -0.25) is 14.5 Å². The van der Waals surface area contributed by atoms with Crippen molar-refractivity contribution >= 4 is 28.7 Å². The molecule has 0 radical (unpaired) electrons. The summed E-state index contributed by atoms with van der Waals surface area (Å²) < 4.78 is 18.1. The van der Waals surface area contributed by atoms with Crippen molar-refractivity contribution in [3.63, 3.8) is 0 Å². The molecule has 3 aromatic rings. The molecule has 1 fully saturated rings. The molecule has 0 aliphatic carbocycles. The Balaban J connectivity index is 1.50. The number of nitrogens with zero attached hydrogens (tertiary/aromatic N) is 4. The Bertz CT molecular complexity index is 1020. The largest absolute Gasteiger partial charge is 0.497 e. The summed E-state index contributed by atoms with van der Waals surface area (Å²) >= 11 is 0. The Morgan fingerprint density at radius 1 is 1.22 bits per heavy atom. The molecule has 2 aromatic heterocycles. The molecular formula is C18H16FN5O3. The number of benzene rings is 1. The van der Waals surface area contributed by atoms with E-state index in [1.54, 1.807) is 19.2 Å². The molecule has 0 bridgehead atoms. The van der Waals surface area contributed by atoms with E-state index < -0.39 is 5.82 Å². The highest BCUT2D eigenvalue weighted by Gasteiger charge is 2.30. The summed E-state index contributed by atoms with van der Waals surface area (Å²) in [5.74, 6) is -0.342. The normalized spacial score (nSPS) is 14.7. The number of carbonyl (C=O) groups excluding carboxylic acids is 2. The second kappa shape index (κ2) is 6.67. The Morgan fingerprint density at radius 3 is 2.70 bits per heavy atom. The lowest BCUT2D eigenvalue weighted by atomic mass is 10.2. The van der Waals surface area contributed by atoms with E-state index in [9.17, 15) is 14.0 Å². The van der Waals surface area contributed by atoms with Gasteiger partial charge in [0.1, 0.15) is 18.0 Å². The number of fused-ring (bicyclic) bond motifs is 1. The number of nitrogens with one attached hydrogen (secondary N) is 1. The first-order chi connectivity index (χ1) is 13.0. The van der Waals surface area contributed by atoms with Crippen molar-refractivity contribution in [2.24, 2.45) is 0 Å². The highest BCUT2D eigenvalue weighted by Crippen LogP contribution is 2.22. The first-order valence-corrected chi connectivity index (χ1v) is 8.29. The van der Waals surface area contributed by atoms with E-state index in [1.807, 2.05) is 12.1 Å². The lowest BCUT2D eigenvalue weighted by molar-refractivity contribution is -0.120. The minimum Gasteiger partial charge on any atom is -0.497 e. The van der Waals surface area contributed by atoms with Crippen LogP contribution in [0.1, 0.15) is 10.5 Å². The van der Waals surface area contributed by atoms with Crippen molar-refractivity contribution in [2.75, 3.05) is 31.6 Å². The van der Waals surface area contributed by atoms with Gasteiger partial charge in [0.25, 0.3) is 5.91 Å². The number of piperazine rings is 1. The Kier molecular flexibility index (Phi) is 4.19. The average molecular weight is 369 g/mol. The van der Waals surface area contributed by atoms with Crippen molar-refractivity contribution in [3.05, 3.63) is 48.2 Å². The minimum atomic E-state index is -0.574. The van der Waals surface area contributed by atoms with Crippen LogP contribution >= 0.6 is 0 Å². The molecule has 138 valence electrons. The molecule has 4 rings (SSSR count). The molecule has 1 aromatic carbocycles. The van der Waals surface area contributed by atoms with Crippen molar-refractivity contribution in [1.29, 1.82) is 0 Å². The maximum Gasteiger partial charge on any atom is 0.270 e. The molecule has 0 unspecified atom stereocenters. The van der Waals surface area contributed by atoms with E-state index in [2.05, 4.69) is 15.0 Å². The molecular weight excluding hydrogens is 353 g/mol. The van der Waals surface area contributed by atoms with Crippen LogP contribution < -0.4 is 9.64 Å². The molecule has 3 heterocycles. The highest BCUT2D eigenvalue weighted by molar-refractivity contribution is 6.02. The number of rotatable bonds is 3. The van der Waals surface area contributed by atoms with Gasteiger partial charge in [0.15, 0.2) is 5.82 Å². The number of carbonyl (C=O) groups is 2. The van der Waals surface area contributed by atoms with Gasteiger partial charge in [-0.25, -0.2) is 14.4 Å². The molecule has 1 aliphatic heterocycles. The third-order valence-electron chi connectivity index (χ3n) is 4.42. The van der Waals surface area contributed by atoms with Gasteiger partial charge < -0.3 is 14.6 Å². The number of amides is 2. The van der Waals surface area contributed by atoms with Crippen LogP contribution in [0.3, 0.4) is 0 Å². The Morgan fingerprint density at radius 2 is 2.00 bits per heavy atom. The standard InChI is InChI=1S/C18H16FN5O3/c1-27-13-3-2-11-6-15(22-14(11)7-13)17(26)23-4-5-24(16(25)10-23)18-20-8-12(19)9-21-18/h2-3,6-9,22H,4-5,10H2,1H3. The van der Waals surface area contributed by atoms with Crippen LogP contribution in [0.2, 0.25) is 0 Å². The molecule has 27 heavy (non-hydrogen) atoms. The zero-order valence-electron chi connectivity index (χ0n) is 14.5. The second-order valence-electron chi connectivity index (χ2n) is 6.11. The summed E-state index contributed by atoms with van der Waals surface area (Å²) in [6.45, 7) is 0.465. The molecule has 1 aliphatic rings. The van der Waals surface area contributed by atoms with Crippen molar-refractivity contribution < 1.29 is 18.7 Å².